The predicted octanol–water partition coefficient (Wildman–Crippen LogP) is 0.768. The zero-order chi connectivity index (χ0) is 16.4. The van der Waals surface area contributed by atoms with Gasteiger partial charge in [-0.15, -0.1) is 0 Å². The summed E-state index contributed by atoms with van der Waals surface area (Å²) in [4.78, 5) is 11.5. The molecule has 0 unspecified atom stereocenters. The fraction of sp³-hybridized carbons (Fsp3) is 0.286. The monoisotopic (exact) mass is 336 g/mol. The van der Waals surface area contributed by atoms with E-state index in [4.69, 9.17) is 10.2 Å². The second-order valence-corrected chi connectivity index (χ2v) is 6.91. The maximum Gasteiger partial charge on any atom is 0.274 e. The lowest BCUT2D eigenvalue weighted by molar-refractivity contribution is -0.122. The number of furan rings is 1. The minimum absolute atomic E-state index is 0.222. The predicted molar refractivity (Wildman–Crippen MR) is 81.5 cm³/mol. The van der Waals surface area contributed by atoms with E-state index in [0.717, 1.165) is 0 Å². The maximum atomic E-state index is 12.4. The Morgan fingerprint density at radius 1 is 1.30 bits per heavy atom. The molecule has 1 amide bonds. The van der Waals surface area contributed by atoms with Crippen molar-refractivity contribution in [3.8, 4) is 11.5 Å². The molecule has 122 valence electrons. The Morgan fingerprint density at radius 2 is 2.09 bits per heavy atom. The van der Waals surface area contributed by atoms with Crippen LogP contribution in [0.5, 0.6) is 0 Å². The first kappa shape index (κ1) is 15.5. The molecule has 1 aliphatic rings. The van der Waals surface area contributed by atoms with E-state index >= 15 is 0 Å². The Labute approximate surface area is 132 Å². The van der Waals surface area contributed by atoms with Gasteiger partial charge in [-0.2, -0.15) is 5.10 Å². The third-order valence-corrected chi connectivity index (χ3v) is 5.08. The molecular formula is C14H16N4O4S. The first-order chi connectivity index (χ1) is 11.0. The van der Waals surface area contributed by atoms with Crippen LogP contribution >= 0.6 is 0 Å². The van der Waals surface area contributed by atoms with E-state index in [0.29, 0.717) is 24.3 Å². The Hall–Kier alpha value is -2.39. The highest BCUT2D eigenvalue weighted by atomic mass is 32.2. The highest BCUT2D eigenvalue weighted by Crippen LogP contribution is 2.25. The van der Waals surface area contributed by atoms with Crippen molar-refractivity contribution in [1.29, 1.82) is 0 Å². The molecule has 0 aliphatic heterocycles. The number of rotatable bonds is 5. The van der Waals surface area contributed by atoms with Crippen molar-refractivity contribution in [3.05, 3.63) is 36.5 Å². The Balaban J connectivity index is 1.82. The van der Waals surface area contributed by atoms with Crippen LogP contribution in [0.25, 0.3) is 11.5 Å². The number of hydrogen-bond acceptors (Lipinski definition) is 5. The average Bonchev–Trinajstić information content (AvgIpc) is 3.18. The second-order valence-electron chi connectivity index (χ2n) is 5.27. The standard InChI is InChI=1S/C14H16N4O4S/c15-14(19)9-3-1-2-4-10(9)18-23(20,21)13-6-5-12(22-13)11-7-8-16-17-11/h1-2,5-10,18H,3-4H2,(H2,15,19)(H,16,17)/t9-,10-/m1/s1. The highest BCUT2D eigenvalue weighted by Gasteiger charge is 2.32. The van der Waals surface area contributed by atoms with Crippen molar-refractivity contribution in [3.63, 3.8) is 0 Å². The van der Waals surface area contributed by atoms with Crippen LogP contribution < -0.4 is 10.5 Å². The van der Waals surface area contributed by atoms with E-state index in [-0.39, 0.29) is 5.09 Å². The van der Waals surface area contributed by atoms with Crippen LogP contribution in [0.4, 0.5) is 0 Å². The molecule has 0 radical (unpaired) electrons. The number of carbonyl (C=O) groups excluding carboxylic acids is 1. The summed E-state index contributed by atoms with van der Waals surface area (Å²) in [5.74, 6) is -0.741. The van der Waals surface area contributed by atoms with Gasteiger partial charge in [-0.1, -0.05) is 12.2 Å². The summed E-state index contributed by atoms with van der Waals surface area (Å²) >= 11 is 0. The van der Waals surface area contributed by atoms with E-state index in [2.05, 4.69) is 14.9 Å². The van der Waals surface area contributed by atoms with Crippen molar-refractivity contribution in [1.82, 2.24) is 14.9 Å². The Kier molecular flexibility index (Phi) is 4.05. The van der Waals surface area contributed by atoms with Gasteiger partial charge in [-0.3, -0.25) is 9.89 Å². The average molecular weight is 336 g/mol. The van der Waals surface area contributed by atoms with Gasteiger partial charge in [0.15, 0.2) is 5.76 Å². The third kappa shape index (κ3) is 3.20. The number of nitrogens with zero attached hydrogens (tertiary/aromatic N) is 1. The normalized spacial score (nSPS) is 21.4. The van der Waals surface area contributed by atoms with E-state index in [1.54, 1.807) is 6.07 Å². The smallest absolute Gasteiger partial charge is 0.274 e. The van der Waals surface area contributed by atoms with E-state index in [1.165, 1.54) is 18.3 Å². The lowest BCUT2D eigenvalue weighted by Gasteiger charge is -2.26. The number of sulfonamides is 1. The lowest BCUT2D eigenvalue weighted by Crippen LogP contribution is -2.45. The van der Waals surface area contributed by atoms with E-state index < -0.39 is 27.9 Å². The van der Waals surface area contributed by atoms with Gasteiger partial charge in [0.1, 0.15) is 5.69 Å². The topological polar surface area (TPSA) is 131 Å². The number of aromatic nitrogens is 2. The minimum atomic E-state index is -3.89. The molecule has 2 atom stereocenters. The van der Waals surface area contributed by atoms with Gasteiger partial charge in [0.05, 0.1) is 5.92 Å². The molecule has 4 N–H and O–H groups in total. The zero-order valence-corrected chi connectivity index (χ0v) is 12.9. The molecule has 2 heterocycles. The molecule has 1 aliphatic carbocycles. The number of allylic oxidation sites excluding steroid dienone is 1. The van der Waals surface area contributed by atoms with Gasteiger partial charge in [-0.05, 0) is 31.0 Å². The summed E-state index contributed by atoms with van der Waals surface area (Å²) in [6.07, 6.45) is 6.01. The molecule has 2 aromatic heterocycles. The molecule has 0 spiro atoms. The number of aromatic amines is 1. The quantitative estimate of drug-likeness (QED) is 0.694. The molecular weight excluding hydrogens is 320 g/mol. The molecule has 0 saturated carbocycles. The summed E-state index contributed by atoms with van der Waals surface area (Å²) in [7, 11) is -3.89. The number of primary amides is 1. The third-order valence-electron chi connectivity index (χ3n) is 3.72. The molecule has 3 rings (SSSR count). The first-order valence-electron chi connectivity index (χ1n) is 7.03. The molecule has 0 fully saturated rings. The first-order valence-corrected chi connectivity index (χ1v) is 8.52. The number of nitrogens with two attached hydrogens (primary N) is 1. The fourth-order valence-electron chi connectivity index (χ4n) is 2.52. The molecule has 0 bridgehead atoms. The van der Waals surface area contributed by atoms with Crippen LogP contribution in [0.1, 0.15) is 12.8 Å². The van der Waals surface area contributed by atoms with Gasteiger partial charge in [0, 0.05) is 12.2 Å². The summed E-state index contributed by atoms with van der Waals surface area (Å²) in [5, 5.41) is 6.25. The molecule has 23 heavy (non-hydrogen) atoms. The van der Waals surface area contributed by atoms with Crippen LogP contribution in [0, 0.1) is 5.92 Å². The zero-order valence-electron chi connectivity index (χ0n) is 12.1. The van der Waals surface area contributed by atoms with Crippen molar-refractivity contribution < 1.29 is 17.6 Å². The number of carbonyl (C=O) groups is 1. The van der Waals surface area contributed by atoms with Crippen LogP contribution in [-0.4, -0.2) is 30.6 Å². The number of hydrogen-bond donors (Lipinski definition) is 3. The lowest BCUT2D eigenvalue weighted by atomic mass is 9.89. The maximum absolute atomic E-state index is 12.4. The van der Waals surface area contributed by atoms with Gasteiger partial charge < -0.3 is 10.2 Å². The van der Waals surface area contributed by atoms with E-state index in [1.807, 2.05) is 12.2 Å². The summed E-state index contributed by atoms with van der Waals surface area (Å²) in [6.45, 7) is 0. The van der Waals surface area contributed by atoms with Crippen LogP contribution in [0.3, 0.4) is 0 Å². The number of nitrogens with one attached hydrogen (secondary N) is 2. The number of amides is 1. The highest BCUT2D eigenvalue weighted by molar-refractivity contribution is 7.89. The molecule has 8 nitrogen and oxygen atoms in total. The van der Waals surface area contributed by atoms with Crippen LogP contribution in [-0.2, 0) is 14.8 Å². The van der Waals surface area contributed by atoms with Gasteiger partial charge in [-0.25, -0.2) is 13.1 Å². The Bertz CT molecular complexity index is 823. The van der Waals surface area contributed by atoms with Crippen LogP contribution in [0.15, 0.2) is 46.1 Å². The fourth-order valence-corrected chi connectivity index (χ4v) is 3.74. The van der Waals surface area contributed by atoms with Gasteiger partial charge >= 0.3 is 0 Å². The molecule has 9 heteroatoms. The van der Waals surface area contributed by atoms with Crippen LogP contribution in [0.2, 0.25) is 0 Å². The Morgan fingerprint density at radius 3 is 2.78 bits per heavy atom. The molecule has 2 aromatic rings. The second kappa shape index (κ2) is 6.01. The summed E-state index contributed by atoms with van der Waals surface area (Å²) < 4.78 is 32.8. The summed E-state index contributed by atoms with van der Waals surface area (Å²) in [5.41, 5.74) is 5.91. The summed E-state index contributed by atoms with van der Waals surface area (Å²) in [6, 6.07) is 3.98. The minimum Gasteiger partial charge on any atom is -0.442 e. The van der Waals surface area contributed by atoms with Gasteiger partial charge in [0.25, 0.3) is 10.0 Å². The van der Waals surface area contributed by atoms with Crippen molar-refractivity contribution in [2.45, 2.75) is 24.0 Å². The number of H-pyrrole nitrogens is 1. The molecule has 0 saturated heterocycles. The van der Waals surface area contributed by atoms with Crippen molar-refractivity contribution in [2.24, 2.45) is 11.7 Å². The van der Waals surface area contributed by atoms with Gasteiger partial charge in [0.2, 0.25) is 11.0 Å². The largest absolute Gasteiger partial charge is 0.442 e. The molecule has 0 aromatic carbocycles. The SMILES string of the molecule is NC(=O)[C@@H]1CC=CC[C@H]1NS(=O)(=O)c1ccc(-c2ccn[nH]2)o1. The van der Waals surface area contributed by atoms with E-state index in [9.17, 15) is 13.2 Å². The van der Waals surface area contributed by atoms with Crippen molar-refractivity contribution in [2.75, 3.05) is 0 Å². The van der Waals surface area contributed by atoms with Crippen molar-refractivity contribution >= 4 is 15.9 Å².